The van der Waals surface area contributed by atoms with E-state index < -0.39 is 0 Å². The van der Waals surface area contributed by atoms with Gasteiger partial charge in [-0.2, -0.15) is 0 Å². The maximum absolute atomic E-state index is 4.67. The highest BCUT2D eigenvalue weighted by atomic mass is 15.1. The lowest BCUT2D eigenvalue weighted by Crippen LogP contribution is -1.99. The molecule has 1 aromatic carbocycles. The first kappa shape index (κ1) is 13.8. The van der Waals surface area contributed by atoms with E-state index in [1.807, 2.05) is 17.0 Å². The molecule has 108 valence electrons. The highest BCUT2D eigenvalue weighted by Gasteiger charge is 2.08. The Hall–Kier alpha value is -2.16. The molecule has 0 spiro atoms. The summed E-state index contributed by atoms with van der Waals surface area (Å²) in [6.45, 7) is 2.25. The van der Waals surface area contributed by atoms with Crippen LogP contribution in [-0.2, 0) is 6.42 Å². The number of rotatable bonds is 6. The maximum atomic E-state index is 4.67. The van der Waals surface area contributed by atoms with Crippen molar-refractivity contribution in [3.05, 3.63) is 54.7 Å². The number of aryl methyl sites for hydroxylation is 1. The topological polar surface area (TPSA) is 30.7 Å². The Morgan fingerprint density at radius 1 is 1.05 bits per heavy atom. The highest BCUT2D eigenvalue weighted by molar-refractivity contribution is 5.91. The zero-order valence-corrected chi connectivity index (χ0v) is 12.5. The van der Waals surface area contributed by atoms with Crippen LogP contribution in [0.1, 0.15) is 38.2 Å². The summed E-state index contributed by atoms with van der Waals surface area (Å²) >= 11 is 0. The minimum Gasteiger partial charge on any atom is -0.290 e. The van der Waals surface area contributed by atoms with Crippen molar-refractivity contribution in [3.63, 3.8) is 0 Å². The largest absolute Gasteiger partial charge is 0.290 e. The van der Waals surface area contributed by atoms with Crippen molar-refractivity contribution < 1.29 is 0 Å². The minimum absolute atomic E-state index is 0.959. The number of pyridine rings is 1. The monoisotopic (exact) mass is 279 g/mol. The number of fused-ring (bicyclic) bond motifs is 1. The summed E-state index contributed by atoms with van der Waals surface area (Å²) in [6.07, 6.45) is 13.8. The van der Waals surface area contributed by atoms with E-state index >= 15 is 0 Å². The van der Waals surface area contributed by atoms with Gasteiger partial charge in [0.15, 0.2) is 0 Å². The maximum Gasteiger partial charge on any atom is 0.145 e. The van der Waals surface area contributed by atoms with Gasteiger partial charge in [0.05, 0.1) is 0 Å². The number of nitrogens with zero attached hydrogens (tertiary/aromatic N) is 3. The molecule has 2 heterocycles. The van der Waals surface area contributed by atoms with Gasteiger partial charge in [0, 0.05) is 24.0 Å². The fourth-order valence-electron chi connectivity index (χ4n) is 2.77. The van der Waals surface area contributed by atoms with Crippen LogP contribution in [0, 0.1) is 0 Å². The van der Waals surface area contributed by atoms with Gasteiger partial charge in [-0.1, -0.05) is 50.5 Å². The van der Waals surface area contributed by atoms with Crippen molar-refractivity contribution >= 4 is 10.8 Å². The van der Waals surface area contributed by atoms with Crippen molar-refractivity contribution in [2.24, 2.45) is 0 Å². The van der Waals surface area contributed by atoms with E-state index in [-0.39, 0.29) is 0 Å². The zero-order valence-electron chi connectivity index (χ0n) is 12.5. The molecule has 0 aliphatic carbocycles. The van der Waals surface area contributed by atoms with Gasteiger partial charge in [0.2, 0.25) is 0 Å². The normalized spacial score (nSPS) is 11.1. The molecule has 3 heteroatoms. The molecular weight excluding hydrogens is 258 g/mol. The van der Waals surface area contributed by atoms with Gasteiger partial charge in [-0.15, -0.1) is 0 Å². The fraction of sp³-hybridized carbons (Fsp3) is 0.333. The summed E-state index contributed by atoms with van der Waals surface area (Å²) in [4.78, 5) is 8.79. The van der Waals surface area contributed by atoms with Gasteiger partial charge < -0.3 is 0 Å². The minimum atomic E-state index is 0.959. The zero-order chi connectivity index (χ0) is 14.5. The Labute approximate surface area is 125 Å². The van der Waals surface area contributed by atoms with E-state index in [9.17, 15) is 0 Å². The van der Waals surface area contributed by atoms with E-state index in [1.165, 1.54) is 42.0 Å². The van der Waals surface area contributed by atoms with Crippen LogP contribution < -0.4 is 0 Å². The second kappa shape index (κ2) is 6.53. The molecule has 3 rings (SSSR count). The molecule has 0 atom stereocenters. The van der Waals surface area contributed by atoms with Crippen LogP contribution in [0.2, 0.25) is 0 Å². The van der Waals surface area contributed by atoms with Crippen LogP contribution in [0.3, 0.4) is 0 Å². The predicted octanol–water partition coefficient (Wildman–Crippen LogP) is 4.54. The standard InChI is InChI=1S/C18H21N3/c1-2-3-4-5-8-15-13-20-18(21-12-11-19-14-21)17-10-7-6-9-16(15)17/h6-7,9-14H,2-5,8H2,1H3. The fourth-order valence-corrected chi connectivity index (χ4v) is 2.77. The third-order valence-electron chi connectivity index (χ3n) is 3.91. The van der Waals surface area contributed by atoms with Crippen LogP contribution in [0.5, 0.6) is 0 Å². The Morgan fingerprint density at radius 3 is 2.67 bits per heavy atom. The molecule has 0 fully saturated rings. The Kier molecular flexibility index (Phi) is 4.29. The lowest BCUT2D eigenvalue weighted by molar-refractivity contribution is 0.667. The second-order valence-corrected chi connectivity index (χ2v) is 5.43. The van der Waals surface area contributed by atoms with Crippen molar-refractivity contribution in [2.75, 3.05) is 0 Å². The predicted molar refractivity (Wildman–Crippen MR) is 86.7 cm³/mol. The van der Waals surface area contributed by atoms with Crippen molar-refractivity contribution in [2.45, 2.75) is 39.0 Å². The summed E-state index contributed by atoms with van der Waals surface area (Å²) in [5.41, 5.74) is 1.35. The quantitative estimate of drug-likeness (QED) is 0.620. The molecule has 0 amide bonds. The lowest BCUT2D eigenvalue weighted by atomic mass is 10.0. The molecule has 0 bridgehead atoms. The molecule has 0 aliphatic rings. The molecule has 0 unspecified atom stereocenters. The van der Waals surface area contributed by atoms with Gasteiger partial charge in [-0.25, -0.2) is 9.97 Å². The molecule has 0 radical (unpaired) electrons. The molecule has 0 saturated carbocycles. The highest BCUT2D eigenvalue weighted by Crippen LogP contribution is 2.24. The molecule has 2 aromatic heterocycles. The number of hydrogen-bond acceptors (Lipinski definition) is 2. The number of hydrogen-bond donors (Lipinski definition) is 0. The third kappa shape index (κ3) is 2.97. The number of unbranched alkanes of at least 4 members (excludes halogenated alkanes) is 3. The molecule has 3 nitrogen and oxygen atoms in total. The van der Waals surface area contributed by atoms with Crippen LogP contribution in [-0.4, -0.2) is 14.5 Å². The second-order valence-electron chi connectivity index (χ2n) is 5.43. The van der Waals surface area contributed by atoms with E-state index in [0.717, 1.165) is 12.2 Å². The Bertz CT molecular complexity index is 702. The summed E-state index contributed by atoms with van der Waals surface area (Å²) < 4.78 is 1.98. The van der Waals surface area contributed by atoms with E-state index in [2.05, 4.69) is 41.2 Å². The summed E-state index contributed by atoms with van der Waals surface area (Å²) in [6, 6.07) is 8.53. The molecule has 21 heavy (non-hydrogen) atoms. The van der Waals surface area contributed by atoms with Gasteiger partial charge in [-0.3, -0.25) is 4.57 Å². The smallest absolute Gasteiger partial charge is 0.145 e. The molecule has 0 aliphatic heterocycles. The molecule has 3 aromatic rings. The Morgan fingerprint density at radius 2 is 1.90 bits per heavy atom. The van der Waals surface area contributed by atoms with Gasteiger partial charge >= 0.3 is 0 Å². The first-order valence-electron chi connectivity index (χ1n) is 7.75. The van der Waals surface area contributed by atoms with Crippen LogP contribution in [0.25, 0.3) is 16.6 Å². The van der Waals surface area contributed by atoms with E-state index in [0.29, 0.717) is 0 Å². The van der Waals surface area contributed by atoms with Crippen molar-refractivity contribution in [1.29, 1.82) is 0 Å². The van der Waals surface area contributed by atoms with Crippen molar-refractivity contribution in [1.82, 2.24) is 14.5 Å². The van der Waals surface area contributed by atoms with Gasteiger partial charge in [0.1, 0.15) is 12.1 Å². The summed E-state index contributed by atoms with van der Waals surface area (Å²) in [5.74, 6) is 0.959. The summed E-state index contributed by atoms with van der Waals surface area (Å²) in [7, 11) is 0. The SMILES string of the molecule is CCCCCCc1cnc(-n2ccnc2)c2ccccc12. The van der Waals surface area contributed by atoms with Gasteiger partial charge in [-0.05, 0) is 23.8 Å². The molecule has 0 saturated heterocycles. The van der Waals surface area contributed by atoms with Crippen molar-refractivity contribution in [3.8, 4) is 5.82 Å². The average Bonchev–Trinajstić information content (AvgIpc) is 3.05. The molecular formula is C18H21N3. The van der Waals surface area contributed by atoms with E-state index in [4.69, 9.17) is 0 Å². The third-order valence-corrected chi connectivity index (χ3v) is 3.91. The van der Waals surface area contributed by atoms with Crippen LogP contribution in [0.4, 0.5) is 0 Å². The van der Waals surface area contributed by atoms with Crippen LogP contribution in [0.15, 0.2) is 49.2 Å². The molecule has 0 N–H and O–H groups in total. The number of benzene rings is 1. The lowest BCUT2D eigenvalue weighted by Gasteiger charge is -2.10. The number of imidazole rings is 1. The number of aromatic nitrogens is 3. The first-order valence-corrected chi connectivity index (χ1v) is 7.75. The summed E-state index contributed by atoms with van der Waals surface area (Å²) in [5, 5.41) is 2.51. The van der Waals surface area contributed by atoms with Crippen LogP contribution >= 0.6 is 0 Å². The van der Waals surface area contributed by atoms with Gasteiger partial charge in [0.25, 0.3) is 0 Å². The first-order chi connectivity index (χ1) is 10.4. The Balaban J connectivity index is 1.95. The average molecular weight is 279 g/mol. The van der Waals surface area contributed by atoms with E-state index in [1.54, 1.807) is 12.5 Å².